The SMILES string of the molecule is OP(O)(O)=S.OP(O)(O)=S.[CH2-]CCCCC.[CH2-]CCCCCCC.[Zn+2]. The molecule has 0 aromatic heterocycles. The molecule has 0 rings (SSSR count). The molecule has 0 aliphatic carbocycles. The van der Waals surface area contributed by atoms with Crippen LogP contribution in [0.25, 0.3) is 0 Å². The minimum absolute atomic E-state index is 0. The van der Waals surface area contributed by atoms with Gasteiger partial charge >= 0.3 is 32.9 Å². The Morgan fingerprint density at radius 1 is 0.600 bits per heavy atom. The summed E-state index contributed by atoms with van der Waals surface area (Å²) in [5, 5.41) is 0. The van der Waals surface area contributed by atoms with Crippen molar-refractivity contribution < 1.29 is 48.8 Å². The number of hydrogen-bond acceptors (Lipinski definition) is 2. The summed E-state index contributed by atoms with van der Waals surface area (Å²) >= 11 is 7.21. The van der Waals surface area contributed by atoms with Gasteiger partial charge < -0.3 is 43.2 Å². The average Bonchev–Trinajstić information content (AvgIpc) is 2.38. The van der Waals surface area contributed by atoms with Crippen molar-refractivity contribution in [2.24, 2.45) is 0 Å². The molecule has 6 nitrogen and oxygen atoms in total. The molecule has 0 bridgehead atoms. The number of rotatable bonds is 8. The minimum atomic E-state index is -3.81. The number of hydrogen-bond donors (Lipinski definition) is 6. The second kappa shape index (κ2) is 27.9. The fourth-order valence-electron chi connectivity index (χ4n) is 1.21. The molecule has 0 unspecified atom stereocenters. The summed E-state index contributed by atoms with van der Waals surface area (Å²) in [7, 11) is 0. The van der Waals surface area contributed by atoms with Gasteiger partial charge in [-0.05, 0) is 23.6 Å². The summed E-state index contributed by atoms with van der Waals surface area (Å²) < 4.78 is 0. The van der Waals surface area contributed by atoms with E-state index in [0.717, 1.165) is 12.8 Å². The fraction of sp³-hybridized carbons (Fsp3) is 0.857. The van der Waals surface area contributed by atoms with Crippen molar-refractivity contribution in [2.75, 3.05) is 0 Å². The second-order valence-corrected chi connectivity index (χ2v) is 9.85. The van der Waals surface area contributed by atoms with E-state index >= 15 is 0 Å². The van der Waals surface area contributed by atoms with Gasteiger partial charge in [-0.25, -0.2) is 0 Å². The largest absolute Gasteiger partial charge is 2.00 e. The molecule has 0 spiro atoms. The van der Waals surface area contributed by atoms with Gasteiger partial charge in [0, 0.05) is 0 Å². The van der Waals surface area contributed by atoms with Gasteiger partial charge in [-0.2, -0.15) is 12.8 Å². The Balaban J connectivity index is -0.0000000717. The summed E-state index contributed by atoms with van der Waals surface area (Å²) in [6.45, 7) is 4.34. The van der Waals surface area contributed by atoms with E-state index in [9.17, 15) is 0 Å². The molecule has 0 aromatic carbocycles. The summed E-state index contributed by atoms with van der Waals surface area (Å²) in [4.78, 5) is 45.3. The van der Waals surface area contributed by atoms with E-state index in [0.29, 0.717) is 0 Å². The third-order valence-electron chi connectivity index (χ3n) is 2.21. The van der Waals surface area contributed by atoms with Gasteiger partial charge in [-0.15, -0.1) is 0 Å². The van der Waals surface area contributed by atoms with Crippen LogP contribution in [0.3, 0.4) is 0 Å². The molecule has 0 amide bonds. The first kappa shape index (κ1) is 37.4. The normalized spacial score (nSPS) is 10.0. The van der Waals surface area contributed by atoms with Crippen molar-refractivity contribution in [1.29, 1.82) is 0 Å². The third kappa shape index (κ3) is 154. The van der Waals surface area contributed by atoms with Crippen LogP contribution in [0.2, 0.25) is 0 Å². The first-order valence-electron chi connectivity index (χ1n) is 7.98. The van der Waals surface area contributed by atoms with Crippen LogP contribution in [0.1, 0.15) is 78.1 Å². The quantitative estimate of drug-likeness (QED) is 0.131. The van der Waals surface area contributed by atoms with Gasteiger partial charge in [0.15, 0.2) is 0 Å². The van der Waals surface area contributed by atoms with Crippen molar-refractivity contribution in [3.05, 3.63) is 13.8 Å². The van der Waals surface area contributed by atoms with Crippen molar-refractivity contribution in [1.82, 2.24) is 0 Å². The van der Waals surface area contributed by atoms with Crippen molar-refractivity contribution in [3.8, 4) is 0 Å². The monoisotopic (exact) mass is 490 g/mol. The molecule has 0 saturated carbocycles. The molecule has 0 radical (unpaired) electrons. The van der Waals surface area contributed by atoms with Crippen LogP contribution in [0.15, 0.2) is 0 Å². The molecule has 11 heteroatoms. The first-order chi connectivity index (χ1) is 10.8. The molecule has 0 aliphatic heterocycles. The maximum Gasteiger partial charge on any atom is 2.00 e. The molecule has 0 aromatic rings. The van der Waals surface area contributed by atoms with Gasteiger partial charge in [0.05, 0.1) is 0 Å². The molecule has 152 valence electrons. The maximum absolute atomic E-state index is 7.56. The molecule has 0 atom stereocenters. The maximum atomic E-state index is 7.56. The van der Waals surface area contributed by atoms with E-state index in [4.69, 9.17) is 29.4 Å². The molecule has 0 heterocycles. The molecule has 25 heavy (non-hydrogen) atoms. The van der Waals surface area contributed by atoms with E-state index < -0.39 is 13.4 Å². The minimum Gasteiger partial charge on any atom is -0.343 e. The van der Waals surface area contributed by atoms with Gasteiger partial charge in [-0.1, -0.05) is 65.2 Å². The fourth-order valence-corrected chi connectivity index (χ4v) is 1.21. The van der Waals surface area contributed by atoms with Crippen LogP contribution < -0.4 is 0 Å². The molecular weight excluding hydrogens is 456 g/mol. The summed E-state index contributed by atoms with van der Waals surface area (Å²) in [5.41, 5.74) is 0. The summed E-state index contributed by atoms with van der Waals surface area (Å²) in [6.07, 6.45) is 13.0. The van der Waals surface area contributed by atoms with Gasteiger partial charge in [0.2, 0.25) is 0 Å². The first-order valence-corrected chi connectivity index (χ1v) is 13.3. The van der Waals surface area contributed by atoms with Gasteiger partial charge in [0.1, 0.15) is 0 Å². The molecule has 0 fully saturated rings. The van der Waals surface area contributed by atoms with Gasteiger partial charge in [0.25, 0.3) is 0 Å². The average molecular weight is 492 g/mol. The predicted molar refractivity (Wildman–Crippen MR) is 110 cm³/mol. The Labute approximate surface area is 177 Å². The zero-order valence-corrected chi connectivity index (χ0v) is 22.0. The van der Waals surface area contributed by atoms with Crippen LogP contribution in [0.4, 0.5) is 0 Å². The Kier molecular flexibility index (Phi) is 41.8. The van der Waals surface area contributed by atoms with E-state index in [-0.39, 0.29) is 19.5 Å². The predicted octanol–water partition coefficient (Wildman–Crippen LogP) is 3.95. The van der Waals surface area contributed by atoms with Crippen LogP contribution >= 0.6 is 13.4 Å². The summed E-state index contributed by atoms with van der Waals surface area (Å²) in [6, 6.07) is 0. The Morgan fingerprint density at radius 2 is 0.800 bits per heavy atom. The van der Waals surface area contributed by atoms with E-state index in [1.54, 1.807) is 0 Å². The van der Waals surface area contributed by atoms with Crippen molar-refractivity contribution >= 4 is 37.1 Å². The van der Waals surface area contributed by atoms with Crippen molar-refractivity contribution in [3.63, 3.8) is 0 Å². The molecule has 6 N–H and O–H groups in total. The van der Waals surface area contributed by atoms with Gasteiger partial charge in [-0.3, -0.25) is 0 Å². The Morgan fingerprint density at radius 3 is 1.00 bits per heavy atom. The molecular formula is C14H36O6P2S2Zn. The van der Waals surface area contributed by atoms with Crippen LogP contribution in [0.5, 0.6) is 0 Å². The molecule has 0 aliphatic rings. The van der Waals surface area contributed by atoms with Crippen molar-refractivity contribution in [2.45, 2.75) is 78.1 Å². The zero-order valence-electron chi connectivity index (χ0n) is 15.6. The smallest absolute Gasteiger partial charge is 0.343 e. The van der Waals surface area contributed by atoms with Crippen LogP contribution in [-0.4, -0.2) is 29.4 Å². The van der Waals surface area contributed by atoms with E-state index in [2.05, 4.69) is 51.3 Å². The summed E-state index contributed by atoms with van der Waals surface area (Å²) in [5.74, 6) is 0. The Bertz CT molecular complexity index is 267. The second-order valence-electron chi connectivity index (χ2n) is 4.85. The third-order valence-corrected chi connectivity index (χ3v) is 2.21. The zero-order chi connectivity index (χ0) is 20.1. The molecule has 0 saturated heterocycles. The topological polar surface area (TPSA) is 121 Å². The Hall–Kier alpha value is 1.68. The van der Waals surface area contributed by atoms with E-state index in [1.807, 2.05) is 0 Å². The van der Waals surface area contributed by atoms with E-state index in [1.165, 1.54) is 51.4 Å². The number of unbranched alkanes of at least 4 members (excludes halogenated alkanes) is 8. The van der Waals surface area contributed by atoms with Crippen LogP contribution in [0, 0.1) is 13.8 Å². The standard InChI is InChI=1S/C8H17.C6H13.2H3O3PS.Zn/c1-3-5-7-8-6-4-2;1-3-5-6-4-2;2*1-4(2,3)5;/h1,3-8H2,2H3;1,3-6H2,2H3;2*(H3,1,2,3,5);/q2*-1;;;+2. The van der Waals surface area contributed by atoms with Crippen LogP contribution in [-0.2, 0) is 43.1 Å².